The molecule has 1 fully saturated rings. The standard InChI is InChI=1S/C28H29N3O2/c1-30(26(21-12-4-2-5-13-21)22-14-6-3-7-15-22)20-25(32)31-24-17-9-8-16-23(24)29-27(33)28(31)18-10-11-19-28/h2-9,12-17,26H,10-11,18-20H2,1H3,(H,29,33). The molecule has 5 rings (SSSR count). The maximum atomic E-state index is 13.9. The van der Waals surface area contributed by atoms with Crippen LogP contribution in [-0.4, -0.2) is 35.8 Å². The Morgan fingerprint density at radius 3 is 2.06 bits per heavy atom. The predicted octanol–water partition coefficient (Wildman–Crippen LogP) is 5.01. The van der Waals surface area contributed by atoms with Crippen molar-refractivity contribution in [3.63, 3.8) is 0 Å². The zero-order valence-electron chi connectivity index (χ0n) is 18.9. The maximum absolute atomic E-state index is 13.9. The van der Waals surface area contributed by atoms with Crippen molar-refractivity contribution < 1.29 is 9.59 Å². The highest BCUT2D eigenvalue weighted by Crippen LogP contribution is 2.45. The number of hydrogen-bond acceptors (Lipinski definition) is 3. The molecule has 1 aliphatic carbocycles. The van der Waals surface area contributed by atoms with E-state index in [0.717, 1.165) is 29.7 Å². The number of nitrogens with zero attached hydrogens (tertiary/aromatic N) is 2. The van der Waals surface area contributed by atoms with Gasteiger partial charge in [-0.3, -0.25) is 19.4 Å². The zero-order chi connectivity index (χ0) is 22.8. The van der Waals surface area contributed by atoms with Crippen molar-refractivity contribution >= 4 is 23.2 Å². The number of para-hydroxylation sites is 2. The number of carbonyl (C=O) groups is 2. The molecule has 0 bridgehead atoms. The van der Waals surface area contributed by atoms with E-state index in [4.69, 9.17) is 0 Å². The van der Waals surface area contributed by atoms with Gasteiger partial charge in [0.05, 0.1) is 24.0 Å². The number of anilines is 2. The minimum absolute atomic E-state index is 0.0430. The van der Waals surface area contributed by atoms with E-state index in [2.05, 4.69) is 34.5 Å². The summed E-state index contributed by atoms with van der Waals surface area (Å²) in [5.41, 5.74) is 2.98. The van der Waals surface area contributed by atoms with Crippen LogP contribution in [0.4, 0.5) is 11.4 Å². The van der Waals surface area contributed by atoms with Gasteiger partial charge in [-0.05, 0) is 43.1 Å². The van der Waals surface area contributed by atoms with Crippen LogP contribution in [0.3, 0.4) is 0 Å². The van der Waals surface area contributed by atoms with Gasteiger partial charge >= 0.3 is 0 Å². The average molecular weight is 440 g/mol. The molecule has 0 unspecified atom stereocenters. The summed E-state index contributed by atoms with van der Waals surface area (Å²) >= 11 is 0. The summed E-state index contributed by atoms with van der Waals surface area (Å²) in [7, 11) is 1.99. The SMILES string of the molecule is CN(CC(=O)N1c2ccccc2NC(=O)C12CCCC2)C(c1ccccc1)c1ccccc1. The number of hydrogen-bond donors (Lipinski definition) is 1. The lowest BCUT2D eigenvalue weighted by Crippen LogP contribution is -2.62. The molecule has 0 aromatic heterocycles. The van der Waals surface area contributed by atoms with Crippen LogP contribution < -0.4 is 10.2 Å². The molecule has 2 aliphatic rings. The first kappa shape index (κ1) is 21.4. The fourth-order valence-corrected chi connectivity index (χ4v) is 5.48. The molecular weight excluding hydrogens is 410 g/mol. The molecular formula is C28H29N3O2. The minimum Gasteiger partial charge on any atom is -0.322 e. The van der Waals surface area contributed by atoms with Gasteiger partial charge in [-0.2, -0.15) is 0 Å². The molecule has 0 saturated heterocycles. The Morgan fingerprint density at radius 1 is 0.909 bits per heavy atom. The lowest BCUT2D eigenvalue weighted by Gasteiger charge is -2.45. The van der Waals surface area contributed by atoms with Crippen molar-refractivity contribution in [2.45, 2.75) is 37.3 Å². The number of rotatable bonds is 5. The molecule has 1 aliphatic heterocycles. The number of nitrogens with one attached hydrogen (secondary N) is 1. The minimum atomic E-state index is -0.790. The monoisotopic (exact) mass is 439 g/mol. The second-order valence-corrected chi connectivity index (χ2v) is 9.08. The van der Waals surface area contributed by atoms with Crippen molar-refractivity contribution in [1.29, 1.82) is 0 Å². The Labute approximate surface area is 195 Å². The van der Waals surface area contributed by atoms with Gasteiger partial charge in [-0.25, -0.2) is 0 Å². The summed E-state index contributed by atoms with van der Waals surface area (Å²) in [5.74, 6) is -0.101. The van der Waals surface area contributed by atoms with Gasteiger partial charge in [0.1, 0.15) is 5.54 Å². The third-order valence-corrected chi connectivity index (χ3v) is 6.98. The van der Waals surface area contributed by atoms with Crippen LogP contribution in [-0.2, 0) is 9.59 Å². The van der Waals surface area contributed by atoms with Crippen LogP contribution in [0.15, 0.2) is 84.9 Å². The smallest absolute Gasteiger partial charge is 0.250 e. The lowest BCUT2D eigenvalue weighted by molar-refractivity contribution is -0.128. The quantitative estimate of drug-likeness (QED) is 0.608. The van der Waals surface area contributed by atoms with Gasteiger partial charge in [-0.15, -0.1) is 0 Å². The summed E-state index contributed by atoms with van der Waals surface area (Å²) in [6.07, 6.45) is 3.30. The summed E-state index contributed by atoms with van der Waals surface area (Å²) in [6, 6.07) is 28.1. The molecule has 5 heteroatoms. The molecule has 1 saturated carbocycles. The van der Waals surface area contributed by atoms with Gasteiger partial charge in [0, 0.05) is 0 Å². The van der Waals surface area contributed by atoms with E-state index in [1.54, 1.807) is 4.90 Å². The maximum Gasteiger partial charge on any atom is 0.250 e. The summed E-state index contributed by atoms with van der Waals surface area (Å²) in [6.45, 7) is 0.206. The third-order valence-electron chi connectivity index (χ3n) is 6.98. The van der Waals surface area contributed by atoms with Crippen LogP contribution in [0.5, 0.6) is 0 Å². The molecule has 1 N–H and O–H groups in total. The van der Waals surface area contributed by atoms with E-state index in [0.29, 0.717) is 18.5 Å². The van der Waals surface area contributed by atoms with Gasteiger partial charge in [0.15, 0.2) is 0 Å². The van der Waals surface area contributed by atoms with Crippen LogP contribution in [0.25, 0.3) is 0 Å². The second kappa shape index (κ2) is 8.83. The lowest BCUT2D eigenvalue weighted by atomic mass is 9.89. The van der Waals surface area contributed by atoms with Crippen molar-refractivity contribution in [1.82, 2.24) is 4.90 Å². The van der Waals surface area contributed by atoms with E-state index in [1.807, 2.05) is 67.7 Å². The van der Waals surface area contributed by atoms with E-state index in [9.17, 15) is 9.59 Å². The predicted molar refractivity (Wildman–Crippen MR) is 131 cm³/mol. The van der Waals surface area contributed by atoms with E-state index >= 15 is 0 Å². The van der Waals surface area contributed by atoms with Crippen molar-refractivity contribution in [3.8, 4) is 0 Å². The molecule has 0 atom stereocenters. The van der Waals surface area contributed by atoms with Crippen LogP contribution in [0.1, 0.15) is 42.9 Å². The molecule has 33 heavy (non-hydrogen) atoms. The normalized spacial score (nSPS) is 16.8. The molecule has 3 aromatic rings. The molecule has 1 heterocycles. The summed E-state index contributed by atoms with van der Waals surface area (Å²) in [4.78, 5) is 31.1. The van der Waals surface area contributed by atoms with Crippen molar-refractivity contribution in [3.05, 3.63) is 96.1 Å². The molecule has 5 nitrogen and oxygen atoms in total. The van der Waals surface area contributed by atoms with E-state index in [-0.39, 0.29) is 24.4 Å². The number of likely N-dealkylation sites (N-methyl/N-ethyl adjacent to an activating group) is 1. The molecule has 1 spiro atoms. The zero-order valence-corrected chi connectivity index (χ0v) is 18.9. The topological polar surface area (TPSA) is 52.7 Å². The first-order chi connectivity index (χ1) is 16.1. The highest BCUT2D eigenvalue weighted by molar-refractivity contribution is 6.15. The van der Waals surface area contributed by atoms with E-state index in [1.165, 1.54) is 0 Å². The average Bonchev–Trinajstić information content (AvgIpc) is 3.32. The Morgan fingerprint density at radius 2 is 1.45 bits per heavy atom. The molecule has 3 aromatic carbocycles. The fraction of sp³-hybridized carbons (Fsp3) is 0.286. The number of fused-ring (bicyclic) bond motifs is 1. The van der Waals surface area contributed by atoms with Crippen molar-refractivity contribution in [2.24, 2.45) is 0 Å². The fourth-order valence-electron chi connectivity index (χ4n) is 5.48. The summed E-state index contributed by atoms with van der Waals surface area (Å²) < 4.78 is 0. The highest BCUT2D eigenvalue weighted by Gasteiger charge is 2.52. The van der Waals surface area contributed by atoms with Crippen molar-refractivity contribution in [2.75, 3.05) is 23.8 Å². The largest absolute Gasteiger partial charge is 0.322 e. The van der Waals surface area contributed by atoms with Gasteiger partial charge in [0.2, 0.25) is 5.91 Å². The van der Waals surface area contributed by atoms with Crippen LogP contribution in [0.2, 0.25) is 0 Å². The Balaban J connectivity index is 1.50. The number of benzene rings is 3. The molecule has 168 valence electrons. The van der Waals surface area contributed by atoms with Gasteiger partial charge in [-0.1, -0.05) is 85.6 Å². The summed E-state index contributed by atoms with van der Waals surface area (Å²) in [5, 5.41) is 3.06. The third kappa shape index (κ3) is 3.83. The van der Waals surface area contributed by atoms with Gasteiger partial charge in [0.25, 0.3) is 5.91 Å². The Kier molecular flexibility index (Phi) is 5.73. The molecule has 0 radical (unpaired) electrons. The first-order valence-electron chi connectivity index (χ1n) is 11.6. The first-order valence-corrected chi connectivity index (χ1v) is 11.6. The Bertz CT molecular complexity index is 1100. The van der Waals surface area contributed by atoms with E-state index < -0.39 is 5.54 Å². The van der Waals surface area contributed by atoms with Crippen LogP contribution in [0, 0.1) is 0 Å². The Hall–Kier alpha value is -3.44. The molecule has 2 amide bonds. The number of amides is 2. The second-order valence-electron chi connectivity index (χ2n) is 9.08. The highest BCUT2D eigenvalue weighted by atomic mass is 16.2. The van der Waals surface area contributed by atoms with Crippen LogP contribution >= 0.6 is 0 Å². The van der Waals surface area contributed by atoms with Gasteiger partial charge < -0.3 is 5.32 Å². The number of carbonyl (C=O) groups excluding carboxylic acids is 2.